The Kier molecular flexibility index (Phi) is 23.3. The predicted octanol–water partition coefficient (Wildman–Crippen LogP) is -4.03. The summed E-state index contributed by atoms with van der Waals surface area (Å²) < 4.78 is 5.62. The molecule has 1 fully saturated rings. The van der Waals surface area contributed by atoms with Crippen LogP contribution in [0.15, 0.2) is 36.4 Å². The Labute approximate surface area is 411 Å². The second kappa shape index (κ2) is 28.5. The van der Waals surface area contributed by atoms with Crippen molar-refractivity contribution in [2.24, 2.45) is 34.8 Å². The molecule has 2 aliphatic rings. The fourth-order valence-corrected chi connectivity index (χ4v) is 7.72. The fraction of sp³-hybridized carbons (Fsp3) is 0.587. The van der Waals surface area contributed by atoms with E-state index >= 15 is 0 Å². The van der Waals surface area contributed by atoms with Crippen LogP contribution >= 0.6 is 0 Å². The number of likely N-dealkylation sites (tertiary alicyclic amines) is 1. The number of amides is 11. The molecular weight excluding hydrogens is 929 g/mol. The van der Waals surface area contributed by atoms with Crippen LogP contribution in [0.2, 0.25) is 0 Å². The summed E-state index contributed by atoms with van der Waals surface area (Å²) in [7, 11) is 0. The largest absolute Gasteiger partial charge is 0.508 e. The Morgan fingerprint density at radius 3 is 2.06 bits per heavy atom. The zero-order valence-electron chi connectivity index (χ0n) is 40.5. The van der Waals surface area contributed by atoms with Crippen LogP contribution in [0.4, 0.5) is 0 Å². The van der Waals surface area contributed by atoms with E-state index in [1.165, 1.54) is 41.3 Å². The molecule has 0 saturated carbocycles. The van der Waals surface area contributed by atoms with Crippen molar-refractivity contribution in [3.8, 4) is 5.75 Å². The summed E-state index contributed by atoms with van der Waals surface area (Å²) in [6.07, 6.45) is 1.90. The molecule has 16 N–H and O–H groups in total. The molecule has 1 aromatic carbocycles. The molecule has 0 aromatic heterocycles. The third kappa shape index (κ3) is 19.3. The Balaban J connectivity index is 2.05. The lowest BCUT2D eigenvalue weighted by Gasteiger charge is -2.31. The Hall–Kier alpha value is -7.15. The highest BCUT2D eigenvalue weighted by Crippen LogP contribution is 2.21. The monoisotopic (exact) mass is 999 g/mol. The lowest BCUT2D eigenvalue weighted by Crippen LogP contribution is -2.61. The molecule has 1 aromatic rings. The first kappa shape index (κ1) is 58.2. The van der Waals surface area contributed by atoms with Crippen LogP contribution < -0.4 is 60.2 Å². The van der Waals surface area contributed by atoms with Crippen LogP contribution in [-0.4, -0.2) is 150 Å². The number of carbonyl (C=O) groups is 11. The summed E-state index contributed by atoms with van der Waals surface area (Å²) in [5, 5.41) is 27.6. The molecule has 2 heterocycles. The van der Waals surface area contributed by atoms with E-state index in [-0.39, 0.29) is 57.1 Å². The van der Waals surface area contributed by atoms with E-state index in [2.05, 4.69) is 37.2 Å². The summed E-state index contributed by atoms with van der Waals surface area (Å²) >= 11 is 0. The molecule has 25 nitrogen and oxygen atoms in total. The van der Waals surface area contributed by atoms with Crippen molar-refractivity contribution in [3.63, 3.8) is 0 Å². The van der Waals surface area contributed by atoms with E-state index in [1.807, 2.05) is 13.8 Å². The average Bonchev–Trinajstić information content (AvgIpc) is 3.81. The molecule has 25 heteroatoms. The molecule has 1 saturated heterocycles. The topological polar surface area (TPSA) is 409 Å². The summed E-state index contributed by atoms with van der Waals surface area (Å²) in [6.45, 7) is 6.05. The SMILES string of the molecule is CC[C@@H](C)[C@@H]1NC(=O)[C@H](Cc2ccc(O)cc2)NC(=O)[C@@H](N)COC/C=C/C[C@@H](C(=O)N2CCC[C@H]2C(=O)N[C@@H](CC(C)C)C(=O)NCC(N)=O)NC(=O)[C@H](CC(N)=O)NC(=O)[C@H](CCC(N)=O)NC1=O. The van der Waals surface area contributed by atoms with Gasteiger partial charge in [0.1, 0.15) is 54.1 Å². The maximum absolute atomic E-state index is 14.5. The van der Waals surface area contributed by atoms with Crippen LogP contribution in [-0.2, 0) is 63.9 Å². The first-order valence-corrected chi connectivity index (χ1v) is 23.5. The third-order valence-electron chi connectivity index (χ3n) is 11.8. The standard InChI is InChI=1S/C46H70N12O13/c1-5-25(4)38-45(69)52-29(15-16-35(48)60)41(65)55-33(21-36(49)61)42(66)53-30(46(70)58-17-8-10-34(58)44(68)56-31(19-24(2)3)40(64)51-22-37(50)62)9-6-7-18-71-23-28(47)39(63)54-32(43(67)57-38)20-26-11-13-27(59)14-12-26/h6-7,11-14,24-25,28-34,38,59H,5,8-10,15-23,47H2,1-4H3,(H2,48,60)(H2,49,61)(H2,50,62)(H,51,64)(H,52,69)(H,53,66)(H,54,63)(H,55,65)(H,56,68)(H,57,67)/b7-6+/t25-,28+,29+,30+,31+,32+,33+,34+,38+/m1/s1. The molecule has 392 valence electrons. The summed E-state index contributed by atoms with van der Waals surface area (Å²) in [4.78, 5) is 148. The summed E-state index contributed by atoms with van der Waals surface area (Å²) in [6, 6.07) is -5.24. The van der Waals surface area contributed by atoms with Crippen molar-refractivity contribution < 1.29 is 62.6 Å². The van der Waals surface area contributed by atoms with Gasteiger partial charge in [0.2, 0.25) is 65.0 Å². The van der Waals surface area contributed by atoms with Gasteiger partial charge < -0.3 is 74.9 Å². The number of benzene rings is 1. The Bertz CT molecular complexity index is 2120. The van der Waals surface area contributed by atoms with Crippen molar-refractivity contribution in [3.05, 3.63) is 42.0 Å². The first-order valence-electron chi connectivity index (χ1n) is 23.5. The number of hydrogen-bond donors (Lipinski definition) is 12. The minimum absolute atomic E-state index is 0.0509. The van der Waals surface area contributed by atoms with Gasteiger partial charge in [0, 0.05) is 19.4 Å². The highest BCUT2D eigenvalue weighted by atomic mass is 16.5. The lowest BCUT2D eigenvalue weighted by molar-refractivity contribution is -0.142. The summed E-state index contributed by atoms with van der Waals surface area (Å²) in [5.74, 6) is -10.2. The zero-order chi connectivity index (χ0) is 52.9. The van der Waals surface area contributed by atoms with Crippen molar-refractivity contribution in [1.29, 1.82) is 0 Å². The number of phenols is 1. The maximum Gasteiger partial charge on any atom is 0.246 e. The quantitative estimate of drug-likeness (QED) is 0.0662. The molecule has 0 radical (unpaired) electrons. The smallest absolute Gasteiger partial charge is 0.246 e. The number of nitrogens with zero attached hydrogens (tertiary/aromatic N) is 1. The number of primary amides is 3. The number of nitrogens with two attached hydrogens (primary N) is 4. The average molecular weight is 999 g/mol. The van der Waals surface area contributed by atoms with Crippen LogP contribution in [0.5, 0.6) is 5.75 Å². The van der Waals surface area contributed by atoms with Gasteiger partial charge in [0.25, 0.3) is 0 Å². The van der Waals surface area contributed by atoms with Gasteiger partial charge in [-0.2, -0.15) is 0 Å². The predicted molar refractivity (Wildman–Crippen MR) is 254 cm³/mol. The van der Waals surface area contributed by atoms with Gasteiger partial charge in [-0.05, 0) is 61.6 Å². The molecule has 0 spiro atoms. The second-order valence-electron chi connectivity index (χ2n) is 18.1. The third-order valence-corrected chi connectivity index (χ3v) is 11.8. The molecule has 0 unspecified atom stereocenters. The summed E-state index contributed by atoms with van der Waals surface area (Å²) in [5.41, 5.74) is 22.8. The number of carbonyl (C=O) groups excluding carboxylic acids is 11. The molecule has 71 heavy (non-hydrogen) atoms. The van der Waals surface area contributed by atoms with E-state index < -0.39 is 145 Å². The highest BCUT2D eigenvalue weighted by molar-refractivity contribution is 5.99. The van der Waals surface area contributed by atoms with Gasteiger partial charge in [-0.3, -0.25) is 52.7 Å². The van der Waals surface area contributed by atoms with E-state index in [0.717, 1.165) is 0 Å². The van der Waals surface area contributed by atoms with Gasteiger partial charge in [-0.1, -0.05) is 58.4 Å². The fourth-order valence-electron chi connectivity index (χ4n) is 7.72. The van der Waals surface area contributed by atoms with E-state index in [9.17, 15) is 57.8 Å². The van der Waals surface area contributed by atoms with Crippen molar-refractivity contribution in [1.82, 2.24) is 42.1 Å². The number of hydrogen-bond acceptors (Lipinski definition) is 14. The van der Waals surface area contributed by atoms with Gasteiger partial charge >= 0.3 is 0 Å². The minimum Gasteiger partial charge on any atom is -0.508 e. The lowest BCUT2D eigenvalue weighted by atomic mass is 9.96. The van der Waals surface area contributed by atoms with Gasteiger partial charge in [-0.15, -0.1) is 0 Å². The number of ether oxygens (including phenoxy) is 1. The van der Waals surface area contributed by atoms with Crippen LogP contribution in [0.3, 0.4) is 0 Å². The molecular formula is C46H70N12O13. The van der Waals surface area contributed by atoms with E-state index in [0.29, 0.717) is 18.4 Å². The van der Waals surface area contributed by atoms with E-state index in [4.69, 9.17) is 27.7 Å². The van der Waals surface area contributed by atoms with Gasteiger partial charge in [0.15, 0.2) is 0 Å². The van der Waals surface area contributed by atoms with Crippen LogP contribution in [0.25, 0.3) is 0 Å². The van der Waals surface area contributed by atoms with Crippen LogP contribution in [0, 0.1) is 11.8 Å². The number of aromatic hydroxyl groups is 1. The second-order valence-corrected chi connectivity index (χ2v) is 18.1. The molecule has 9 atom stereocenters. The Morgan fingerprint density at radius 2 is 1.44 bits per heavy atom. The number of nitrogens with one attached hydrogen (secondary N) is 7. The van der Waals surface area contributed by atoms with Crippen LogP contribution in [0.1, 0.15) is 84.6 Å². The van der Waals surface area contributed by atoms with E-state index in [1.54, 1.807) is 13.8 Å². The first-order chi connectivity index (χ1) is 33.5. The molecule has 0 aliphatic carbocycles. The van der Waals surface area contributed by atoms with Gasteiger partial charge in [0.05, 0.1) is 26.2 Å². The molecule has 0 bridgehead atoms. The Morgan fingerprint density at radius 1 is 0.803 bits per heavy atom. The number of phenolic OH excluding ortho intramolecular Hbond substituents is 1. The number of rotatable bonds is 17. The van der Waals surface area contributed by atoms with Crippen molar-refractivity contribution in [2.45, 2.75) is 134 Å². The molecule has 2 aliphatic heterocycles. The molecule has 11 amide bonds. The zero-order valence-corrected chi connectivity index (χ0v) is 40.5. The molecule has 3 rings (SSSR count). The maximum atomic E-state index is 14.5. The highest BCUT2D eigenvalue weighted by Gasteiger charge is 2.40. The normalized spacial score (nSPS) is 24.5. The van der Waals surface area contributed by atoms with Gasteiger partial charge in [-0.25, -0.2) is 0 Å². The van der Waals surface area contributed by atoms with Crippen molar-refractivity contribution in [2.75, 3.05) is 26.3 Å². The minimum atomic E-state index is -1.77. The van der Waals surface area contributed by atoms with Crippen molar-refractivity contribution >= 4 is 65.0 Å².